The number of Topliss-reactive ketones (excluding diaryl/α,β-unsaturated/α-hetero) is 1. The Kier molecular flexibility index (Phi) is 5.15. The van der Waals surface area contributed by atoms with Gasteiger partial charge in [0, 0.05) is 29.3 Å². The summed E-state index contributed by atoms with van der Waals surface area (Å²) in [5.41, 5.74) is 2.64. The number of benzene rings is 2. The molecular formula is C28H19NO6. The van der Waals surface area contributed by atoms with E-state index in [0.29, 0.717) is 34.1 Å². The predicted octanol–water partition coefficient (Wildman–Crippen LogP) is 5.31. The third-order valence-corrected chi connectivity index (χ3v) is 5.99. The van der Waals surface area contributed by atoms with Crippen molar-refractivity contribution in [1.29, 1.82) is 0 Å². The Morgan fingerprint density at radius 3 is 2.69 bits per heavy atom. The van der Waals surface area contributed by atoms with Crippen LogP contribution in [0, 0.1) is 0 Å². The molecule has 1 unspecified atom stereocenters. The van der Waals surface area contributed by atoms with Crippen LogP contribution >= 0.6 is 0 Å². The third kappa shape index (κ3) is 3.87. The summed E-state index contributed by atoms with van der Waals surface area (Å²) in [5.74, 6) is 1.00. The molecule has 0 N–H and O–H groups in total. The van der Waals surface area contributed by atoms with Crippen molar-refractivity contribution in [3.8, 4) is 17.2 Å². The van der Waals surface area contributed by atoms with Gasteiger partial charge in [0.1, 0.15) is 29.6 Å². The fraction of sp³-hybridized carbons (Fsp3) is 0.107. The molecule has 2 aliphatic rings. The number of carbonyl (C=O) groups excluding carboxylic acids is 2. The zero-order valence-corrected chi connectivity index (χ0v) is 18.5. The molecule has 0 spiro atoms. The van der Waals surface area contributed by atoms with E-state index in [0.717, 1.165) is 11.3 Å². The highest BCUT2D eigenvalue weighted by Crippen LogP contribution is 2.50. The number of fused-ring (bicyclic) bond motifs is 3. The Labute approximate surface area is 200 Å². The predicted molar refractivity (Wildman–Crippen MR) is 125 cm³/mol. The first-order chi connectivity index (χ1) is 17.2. The second kappa shape index (κ2) is 8.61. The number of hydrogen-bond acceptors (Lipinski definition) is 7. The maximum Gasteiger partial charge on any atom is 0.312 e. The van der Waals surface area contributed by atoms with Crippen molar-refractivity contribution < 1.29 is 28.2 Å². The summed E-state index contributed by atoms with van der Waals surface area (Å²) < 4.78 is 23.0. The van der Waals surface area contributed by atoms with Crippen molar-refractivity contribution in [3.05, 3.63) is 113 Å². The molecule has 7 heteroatoms. The number of ether oxygens (including phenoxy) is 3. The van der Waals surface area contributed by atoms with Gasteiger partial charge in [-0.25, -0.2) is 0 Å². The molecule has 0 amide bonds. The third-order valence-electron chi connectivity index (χ3n) is 5.99. The van der Waals surface area contributed by atoms with E-state index in [9.17, 15) is 9.59 Å². The van der Waals surface area contributed by atoms with Crippen molar-refractivity contribution in [2.75, 3.05) is 0 Å². The highest BCUT2D eigenvalue weighted by molar-refractivity contribution is 6.15. The molecule has 0 saturated heterocycles. The van der Waals surface area contributed by atoms with E-state index in [4.69, 9.17) is 18.6 Å². The summed E-state index contributed by atoms with van der Waals surface area (Å²) in [7, 11) is 0. The van der Waals surface area contributed by atoms with E-state index in [1.807, 2.05) is 42.5 Å². The molecule has 1 atom stereocenters. The lowest BCUT2D eigenvalue weighted by Crippen LogP contribution is -2.22. The van der Waals surface area contributed by atoms with E-state index in [1.54, 1.807) is 36.5 Å². The minimum absolute atomic E-state index is 0.0855. The minimum Gasteiger partial charge on any atom is -0.487 e. The van der Waals surface area contributed by atoms with Gasteiger partial charge in [0.15, 0.2) is 5.76 Å². The number of furan rings is 1. The van der Waals surface area contributed by atoms with Gasteiger partial charge in [-0.2, -0.15) is 0 Å². The average Bonchev–Trinajstić information content (AvgIpc) is 3.51. The van der Waals surface area contributed by atoms with Crippen LogP contribution < -0.4 is 14.2 Å². The number of hydrogen-bond donors (Lipinski definition) is 0. The zero-order chi connectivity index (χ0) is 23.8. The van der Waals surface area contributed by atoms with Crippen molar-refractivity contribution in [2.24, 2.45) is 0 Å². The second-order valence-corrected chi connectivity index (χ2v) is 8.19. The molecule has 4 heterocycles. The topological polar surface area (TPSA) is 87.9 Å². The van der Waals surface area contributed by atoms with Gasteiger partial charge in [-0.15, -0.1) is 0 Å². The standard InChI is InChI=1S/C28H19NO6/c30-25-15-21(19-8-1-2-9-22(19)33-16-17-6-3-4-12-29-17)26-23(34-25)11-10-20-27(31)24(35-28(20)26)14-18-7-5-13-32-18/h1-14,21H,15-16H2. The van der Waals surface area contributed by atoms with Crippen LogP contribution in [0.25, 0.3) is 6.08 Å². The lowest BCUT2D eigenvalue weighted by atomic mass is 9.84. The molecule has 0 fully saturated rings. The maximum absolute atomic E-state index is 13.1. The van der Waals surface area contributed by atoms with Crippen LogP contribution in [0.15, 0.2) is 89.4 Å². The van der Waals surface area contributed by atoms with Gasteiger partial charge < -0.3 is 18.6 Å². The fourth-order valence-corrected chi connectivity index (χ4v) is 4.41. The van der Waals surface area contributed by atoms with E-state index in [1.165, 1.54) is 6.26 Å². The zero-order valence-electron chi connectivity index (χ0n) is 18.5. The largest absolute Gasteiger partial charge is 0.487 e. The summed E-state index contributed by atoms with van der Waals surface area (Å²) >= 11 is 0. The van der Waals surface area contributed by atoms with Crippen molar-refractivity contribution in [1.82, 2.24) is 4.98 Å². The SMILES string of the molecule is O=C1CC(c2ccccc2OCc2ccccn2)c2c(ccc3c2OC(=Cc2ccco2)C3=O)O1. The maximum atomic E-state index is 13.1. The molecule has 0 aliphatic carbocycles. The number of para-hydroxylation sites is 1. The van der Waals surface area contributed by atoms with Gasteiger partial charge in [0.2, 0.25) is 5.78 Å². The summed E-state index contributed by atoms with van der Waals surface area (Å²) in [6, 6.07) is 19.9. The summed E-state index contributed by atoms with van der Waals surface area (Å²) in [5, 5.41) is 0. The highest BCUT2D eigenvalue weighted by atomic mass is 16.5. The Morgan fingerprint density at radius 2 is 1.86 bits per heavy atom. The van der Waals surface area contributed by atoms with Crippen molar-refractivity contribution >= 4 is 17.8 Å². The molecule has 7 nitrogen and oxygen atoms in total. The number of ketones is 1. The molecule has 35 heavy (non-hydrogen) atoms. The number of rotatable bonds is 5. The summed E-state index contributed by atoms with van der Waals surface area (Å²) in [4.78, 5) is 29.9. The molecule has 2 aromatic carbocycles. The van der Waals surface area contributed by atoms with Crippen LogP contribution in [0.3, 0.4) is 0 Å². The molecule has 0 saturated carbocycles. The van der Waals surface area contributed by atoms with Crippen molar-refractivity contribution in [3.63, 3.8) is 0 Å². The van der Waals surface area contributed by atoms with Crippen LogP contribution in [0.5, 0.6) is 17.2 Å². The van der Waals surface area contributed by atoms with Gasteiger partial charge >= 0.3 is 5.97 Å². The Bertz CT molecular complexity index is 1460. The van der Waals surface area contributed by atoms with Gasteiger partial charge in [0.25, 0.3) is 0 Å². The normalized spacial score (nSPS) is 17.5. The summed E-state index contributed by atoms with van der Waals surface area (Å²) in [6.07, 6.45) is 4.88. The van der Waals surface area contributed by atoms with Crippen LogP contribution in [0.4, 0.5) is 0 Å². The average molecular weight is 465 g/mol. The van der Waals surface area contributed by atoms with Gasteiger partial charge in [-0.05, 0) is 42.5 Å². The molecule has 2 aliphatic heterocycles. The molecule has 6 rings (SSSR count). The van der Waals surface area contributed by atoms with Crippen LogP contribution in [-0.4, -0.2) is 16.7 Å². The van der Waals surface area contributed by atoms with Gasteiger partial charge in [-0.1, -0.05) is 24.3 Å². The molecule has 2 aromatic heterocycles. The Morgan fingerprint density at radius 1 is 0.971 bits per heavy atom. The number of nitrogens with zero attached hydrogens (tertiary/aromatic N) is 1. The lowest BCUT2D eigenvalue weighted by molar-refractivity contribution is -0.135. The van der Waals surface area contributed by atoms with Crippen LogP contribution in [0.2, 0.25) is 0 Å². The first-order valence-electron chi connectivity index (χ1n) is 11.1. The molecular weight excluding hydrogens is 446 g/mol. The number of aromatic nitrogens is 1. The second-order valence-electron chi connectivity index (χ2n) is 8.19. The molecule has 0 radical (unpaired) electrons. The Hall–Kier alpha value is -4.65. The highest BCUT2D eigenvalue weighted by Gasteiger charge is 2.39. The van der Waals surface area contributed by atoms with Crippen molar-refractivity contribution in [2.45, 2.75) is 18.9 Å². The minimum atomic E-state index is -0.420. The Balaban J connectivity index is 1.40. The van der Waals surface area contributed by atoms with Crippen LogP contribution in [0.1, 0.15) is 45.3 Å². The first kappa shape index (κ1) is 20.9. The molecule has 4 aromatic rings. The fourth-order valence-electron chi connectivity index (χ4n) is 4.41. The number of pyridine rings is 1. The monoisotopic (exact) mass is 465 g/mol. The van der Waals surface area contributed by atoms with E-state index in [-0.39, 0.29) is 30.5 Å². The van der Waals surface area contributed by atoms with Gasteiger partial charge in [0.05, 0.1) is 23.9 Å². The summed E-state index contributed by atoms with van der Waals surface area (Å²) in [6.45, 7) is 0.278. The molecule has 0 bridgehead atoms. The van der Waals surface area contributed by atoms with E-state index in [2.05, 4.69) is 4.98 Å². The van der Waals surface area contributed by atoms with E-state index >= 15 is 0 Å². The lowest BCUT2D eigenvalue weighted by Gasteiger charge is -2.27. The van der Waals surface area contributed by atoms with Crippen LogP contribution in [-0.2, 0) is 11.4 Å². The van der Waals surface area contributed by atoms with Gasteiger partial charge in [-0.3, -0.25) is 14.6 Å². The number of allylic oxidation sites excluding steroid dienone is 1. The van der Waals surface area contributed by atoms with E-state index < -0.39 is 5.92 Å². The number of carbonyl (C=O) groups is 2. The first-order valence-corrected chi connectivity index (χ1v) is 11.1. The smallest absolute Gasteiger partial charge is 0.312 e. The molecule has 172 valence electrons. The number of esters is 1. The quantitative estimate of drug-likeness (QED) is 0.224.